The first kappa shape index (κ1) is 22.5. The van der Waals surface area contributed by atoms with Crippen molar-refractivity contribution in [3.63, 3.8) is 0 Å². The van der Waals surface area contributed by atoms with Crippen molar-refractivity contribution in [3.8, 4) is 0 Å². The van der Waals surface area contributed by atoms with Gasteiger partial charge in [0.05, 0.1) is 12.0 Å². The van der Waals surface area contributed by atoms with E-state index in [1.165, 1.54) is 4.90 Å². The van der Waals surface area contributed by atoms with Crippen LogP contribution in [0, 0.1) is 5.92 Å². The average Bonchev–Trinajstić information content (AvgIpc) is 3.27. The number of benzene rings is 2. The highest BCUT2D eigenvalue weighted by molar-refractivity contribution is 5.88. The predicted molar refractivity (Wildman–Crippen MR) is 115 cm³/mol. The normalized spacial score (nSPS) is 17.7. The van der Waals surface area contributed by atoms with E-state index in [0.717, 1.165) is 11.1 Å². The van der Waals surface area contributed by atoms with E-state index in [1.807, 2.05) is 60.7 Å². The summed E-state index contributed by atoms with van der Waals surface area (Å²) in [5.74, 6) is -2.64. The Bertz CT molecular complexity index is 887. The molecule has 0 bridgehead atoms. The Morgan fingerprint density at radius 1 is 1.03 bits per heavy atom. The molecule has 3 rings (SSSR count). The van der Waals surface area contributed by atoms with Gasteiger partial charge in [0, 0.05) is 6.54 Å². The maximum Gasteiger partial charge on any atom is 0.329 e. The van der Waals surface area contributed by atoms with Crippen LogP contribution in [-0.4, -0.2) is 46.5 Å². The van der Waals surface area contributed by atoms with Gasteiger partial charge in [-0.1, -0.05) is 60.7 Å². The first-order valence-electron chi connectivity index (χ1n) is 10.5. The number of nitrogens with two attached hydrogens (primary N) is 1. The predicted octanol–water partition coefficient (Wildman–Crippen LogP) is 2.38. The van der Waals surface area contributed by atoms with Gasteiger partial charge in [0.25, 0.3) is 0 Å². The Labute approximate surface area is 181 Å². The monoisotopic (exact) mass is 424 g/mol. The minimum Gasteiger partial charge on any atom is -0.481 e. The third-order valence-electron chi connectivity index (χ3n) is 5.56. The standard InChI is InChI=1S/C24H28N2O5/c25-20(15-19(23(28)29)14-17-8-3-1-4-9-17)22(27)26-13-7-12-21(26)24(30)31-16-18-10-5-2-6-11-18/h1-6,8-11,19-21H,7,12-16,25H2,(H,28,29)/t19?,20-,21-/m0/s1. The van der Waals surface area contributed by atoms with Crippen molar-refractivity contribution in [1.82, 2.24) is 4.90 Å². The van der Waals surface area contributed by atoms with Crippen molar-refractivity contribution >= 4 is 17.8 Å². The molecule has 164 valence electrons. The third-order valence-corrected chi connectivity index (χ3v) is 5.56. The molecule has 0 spiro atoms. The van der Waals surface area contributed by atoms with Gasteiger partial charge in [-0.2, -0.15) is 0 Å². The lowest BCUT2D eigenvalue weighted by Gasteiger charge is -2.27. The smallest absolute Gasteiger partial charge is 0.329 e. The third kappa shape index (κ3) is 6.15. The number of aliphatic carboxylic acids is 1. The molecule has 0 radical (unpaired) electrons. The first-order chi connectivity index (χ1) is 15.0. The molecule has 7 nitrogen and oxygen atoms in total. The van der Waals surface area contributed by atoms with E-state index >= 15 is 0 Å². The minimum atomic E-state index is -0.993. The van der Waals surface area contributed by atoms with Crippen molar-refractivity contribution in [2.75, 3.05) is 6.54 Å². The number of likely N-dealkylation sites (tertiary alicyclic amines) is 1. The van der Waals surface area contributed by atoms with Crippen LogP contribution in [-0.2, 0) is 32.1 Å². The summed E-state index contributed by atoms with van der Waals surface area (Å²) in [5.41, 5.74) is 7.85. The van der Waals surface area contributed by atoms with Crippen molar-refractivity contribution < 1.29 is 24.2 Å². The molecule has 1 heterocycles. The second kappa shape index (κ2) is 10.7. The molecular formula is C24H28N2O5. The van der Waals surface area contributed by atoms with Crippen LogP contribution in [0.5, 0.6) is 0 Å². The van der Waals surface area contributed by atoms with Gasteiger partial charge in [-0.3, -0.25) is 9.59 Å². The fraction of sp³-hybridized carbons (Fsp3) is 0.375. The number of hydrogen-bond acceptors (Lipinski definition) is 5. The summed E-state index contributed by atoms with van der Waals surface area (Å²) in [6.45, 7) is 0.552. The minimum absolute atomic E-state index is 0.00530. The molecule has 1 saturated heterocycles. The largest absolute Gasteiger partial charge is 0.481 e. The molecule has 1 fully saturated rings. The summed E-state index contributed by atoms with van der Waals surface area (Å²) in [6, 6.07) is 16.9. The molecule has 2 aromatic rings. The van der Waals surface area contributed by atoms with Crippen molar-refractivity contribution in [3.05, 3.63) is 71.8 Å². The number of carbonyl (C=O) groups excluding carboxylic acids is 2. The van der Waals surface area contributed by atoms with E-state index in [1.54, 1.807) is 0 Å². The number of rotatable bonds is 9. The maximum atomic E-state index is 12.9. The highest BCUT2D eigenvalue weighted by Gasteiger charge is 2.38. The van der Waals surface area contributed by atoms with Gasteiger partial charge in [0.1, 0.15) is 12.6 Å². The van der Waals surface area contributed by atoms with E-state index in [-0.39, 0.29) is 13.0 Å². The molecule has 3 N–H and O–H groups in total. The first-order valence-corrected chi connectivity index (χ1v) is 10.5. The molecule has 31 heavy (non-hydrogen) atoms. The van der Waals surface area contributed by atoms with Crippen molar-refractivity contribution in [2.45, 2.75) is 44.4 Å². The number of nitrogens with zero attached hydrogens (tertiary/aromatic N) is 1. The number of carboxylic acids is 1. The van der Waals surface area contributed by atoms with Crippen molar-refractivity contribution in [1.29, 1.82) is 0 Å². The fourth-order valence-electron chi connectivity index (χ4n) is 3.89. The zero-order valence-electron chi connectivity index (χ0n) is 17.4. The van der Waals surface area contributed by atoms with E-state index in [9.17, 15) is 19.5 Å². The summed E-state index contributed by atoms with van der Waals surface area (Å²) in [6.07, 6.45) is 1.49. The molecule has 1 amide bonds. The summed E-state index contributed by atoms with van der Waals surface area (Å²) >= 11 is 0. The molecule has 0 saturated carbocycles. The number of hydrogen-bond donors (Lipinski definition) is 2. The van der Waals surface area contributed by atoms with Gasteiger partial charge >= 0.3 is 11.9 Å². The molecule has 0 aliphatic carbocycles. The summed E-state index contributed by atoms with van der Waals surface area (Å²) < 4.78 is 5.40. The Kier molecular flexibility index (Phi) is 7.78. The van der Waals surface area contributed by atoms with Crippen LogP contribution in [0.1, 0.15) is 30.4 Å². The molecule has 1 unspecified atom stereocenters. The highest BCUT2D eigenvalue weighted by Crippen LogP contribution is 2.22. The Hall–Kier alpha value is -3.19. The zero-order chi connectivity index (χ0) is 22.2. The number of ether oxygens (including phenoxy) is 1. The van der Waals surface area contributed by atoms with Crippen LogP contribution in [0.2, 0.25) is 0 Å². The maximum absolute atomic E-state index is 12.9. The van der Waals surface area contributed by atoms with Crippen LogP contribution in [0.25, 0.3) is 0 Å². The van der Waals surface area contributed by atoms with Gasteiger partial charge < -0.3 is 20.5 Å². The van der Waals surface area contributed by atoms with E-state index in [4.69, 9.17) is 10.5 Å². The molecule has 3 atom stereocenters. The summed E-state index contributed by atoms with van der Waals surface area (Å²) in [4.78, 5) is 38.7. The van der Waals surface area contributed by atoms with Crippen LogP contribution < -0.4 is 5.73 Å². The van der Waals surface area contributed by atoms with Gasteiger partial charge in [-0.15, -0.1) is 0 Å². The van der Waals surface area contributed by atoms with E-state index in [2.05, 4.69) is 0 Å². The Balaban J connectivity index is 1.58. The number of carbonyl (C=O) groups is 3. The quantitative estimate of drug-likeness (QED) is 0.598. The lowest BCUT2D eigenvalue weighted by molar-refractivity contribution is -0.155. The number of esters is 1. The number of amides is 1. The molecular weight excluding hydrogens is 396 g/mol. The highest BCUT2D eigenvalue weighted by atomic mass is 16.5. The van der Waals surface area contributed by atoms with Gasteiger partial charge in [0.2, 0.25) is 5.91 Å². The van der Waals surface area contributed by atoms with Crippen LogP contribution in [0.4, 0.5) is 0 Å². The molecule has 0 aromatic heterocycles. The lowest BCUT2D eigenvalue weighted by atomic mass is 9.92. The van der Waals surface area contributed by atoms with E-state index in [0.29, 0.717) is 25.8 Å². The van der Waals surface area contributed by atoms with Crippen LogP contribution in [0.15, 0.2) is 60.7 Å². The Morgan fingerprint density at radius 3 is 2.26 bits per heavy atom. The topological polar surface area (TPSA) is 110 Å². The van der Waals surface area contributed by atoms with Gasteiger partial charge in [0.15, 0.2) is 0 Å². The summed E-state index contributed by atoms with van der Waals surface area (Å²) in [7, 11) is 0. The van der Waals surface area contributed by atoms with Gasteiger partial charge in [-0.05, 0) is 36.8 Å². The van der Waals surface area contributed by atoms with Crippen molar-refractivity contribution in [2.24, 2.45) is 11.7 Å². The summed E-state index contributed by atoms with van der Waals surface area (Å²) in [5, 5.41) is 9.59. The second-order valence-electron chi connectivity index (χ2n) is 7.85. The number of carboxylic acid groups (broad SMARTS) is 1. The molecule has 2 aromatic carbocycles. The zero-order valence-corrected chi connectivity index (χ0v) is 17.4. The molecule has 7 heteroatoms. The molecule has 1 aliphatic heterocycles. The van der Waals surface area contributed by atoms with Crippen LogP contribution in [0.3, 0.4) is 0 Å². The lowest BCUT2D eigenvalue weighted by Crippen LogP contribution is -2.49. The Morgan fingerprint density at radius 2 is 1.65 bits per heavy atom. The fourth-order valence-corrected chi connectivity index (χ4v) is 3.89. The van der Waals surface area contributed by atoms with Crippen LogP contribution >= 0.6 is 0 Å². The van der Waals surface area contributed by atoms with E-state index < -0.39 is 35.8 Å². The van der Waals surface area contributed by atoms with Gasteiger partial charge in [-0.25, -0.2) is 4.79 Å². The second-order valence-corrected chi connectivity index (χ2v) is 7.85. The molecule has 1 aliphatic rings. The average molecular weight is 424 g/mol. The SMILES string of the molecule is N[C@@H](CC(Cc1ccccc1)C(=O)O)C(=O)N1CCC[C@H]1C(=O)OCc1ccccc1.